The third-order valence-electron chi connectivity index (χ3n) is 4.06. The number of carbonyl (C=O) groups excluding carboxylic acids is 2. The number of benzene rings is 2. The fourth-order valence-corrected chi connectivity index (χ4v) is 3.91. The van der Waals surface area contributed by atoms with Crippen LogP contribution in [0.5, 0.6) is 5.75 Å². The molecule has 0 amide bonds. The van der Waals surface area contributed by atoms with Gasteiger partial charge in [0.25, 0.3) is 0 Å². The predicted octanol–water partition coefficient (Wildman–Crippen LogP) is 4.76. The minimum atomic E-state index is -0.302. The summed E-state index contributed by atoms with van der Waals surface area (Å²) < 4.78 is 10.3. The number of rotatable bonds is 7. The molecule has 0 saturated heterocycles. The lowest BCUT2D eigenvalue weighted by atomic mass is 10.0. The molecule has 27 heavy (non-hydrogen) atoms. The van der Waals surface area contributed by atoms with E-state index in [0.717, 1.165) is 21.8 Å². The van der Waals surface area contributed by atoms with Gasteiger partial charge >= 0.3 is 5.97 Å². The lowest BCUT2D eigenvalue weighted by Gasteiger charge is -2.05. The van der Waals surface area contributed by atoms with Crippen molar-refractivity contribution < 1.29 is 19.1 Å². The molecule has 4 nitrogen and oxygen atoms in total. The molecule has 3 aromatic rings. The van der Waals surface area contributed by atoms with Gasteiger partial charge in [0, 0.05) is 10.4 Å². The van der Waals surface area contributed by atoms with Crippen LogP contribution in [0.1, 0.15) is 27.7 Å². The van der Waals surface area contributed by atoms with Crippen LogP contribution in [0.25, 0.3) is 10.4 Å². The lowest BCUT2D eigenvalue weighted by Crippen LogP contribution is -2.07. The maximum absolute atomic E-state index is 12.8. The van der Waals surface area contributed by atoms with Crippen molar-refractivity contribution >= 4 is 23.1 Å². The average molecular weight is 380 g/mol. The highest BCUT2D eigenvalue weighted by atomic mass is 32.1. The van der Waals surface area contributed by atoms with Gasteiger partial charge in [0.15, 0.2) is 0 Å². The van der Waals surface area contributed by atoms with Crippen LogP contribution in [0.2, 0.25) is 0 Å². The SMILES string of the molecule is CCOC(=O)Cc1cc(C(=O)c2ccccc2)sc1-c1ccc(OC)cc1. The smallest absolute Gasteiger partial charge is 0.310 e. The molecule has 0 aliphatic rings. The number of ketones is 1. The zero-order valence-corrected chi connectivity index (χ0v) is 16.0. The van der Waals surface area contributed by atoms with Gasteiger partial charge in [-0.05, 0) is 48.4 Å². The van der Waals surface area contributed by atoms with E-state index in [1.807, 2.05) is 42.5 Å². The van der Waals surface area contributed by atoms with Crippen molar-refractivity contribution in [2.75, 3.05) is 13.7 Å². The molecule has 1 heterocycles. The first kappa shape index (κ1) is 18.9. The van der Waals surface area contributed by atoms with Crippen molar-refractivity contribution in [2.24, 2.45) is 0 Å². The maximum Gasteiger partial charge on any atom is 0.310 e. The van der Waals surface area contributed by atoms with Crippen molar-refractivity contribution in [1.82, 2.24) is 0 Å². The lowest BCUT2D eigenvalue weighted by molar-refractivity contribution is -0.142. The molecule has 0 unspecified atom stereocenters. The van der Waals surface area contributed by atoms with Crippen LogP contribution in [-0.2, 0) is 16.0 Å². The number of methoxy groups -OCH3 is 1. The Bertz CT molecular complexity index is 927. The Morgan fingerprint density at radius 3 is 2.33 bits per heavy atom. The molecule has 5 heteroatoms. The van der Waals surface area contributed by atoms with E-state index in [2.05, 4.69) is 0 Å². The van der Waals surface area contributed by atoms with Crippen molar-refractivity contribution in [3.63, 3.8) is 0 Å². The summed E-state index contributed by atoms with van der Waals surface area (Å²) in [4.78, 5) is 26.3. The molecular formula is C22H20O4S. The molecule has 0 saturated carbocycles. The molecule has 2 aromatic carbocycles. The summed E-state index contributed by atoms with van der Waals surface area (Å²) in [5.74, 6) is 0.400. The second-order valence-electron chi connectivity index (χ2n) is 5.87. The third-order valence-corrected chi connectivity index (χ3v) is 5.29. The molecule has 138 valence electrons. The Kier molecular flexibility index (Phi) is 6.04. The van der Waals surface area contributed by atoms with Crippen LogP contribution in [0.4, 0.5) is 0 Å². The summed E-state index contributed by atoms with van der Waals surface area (Å²) in [6.45, 7) is 2.11. The predicted molar refractivity (Wildman–Crippen MR) is 107 cm³/mol. The molecule has 0 fully saturated rings. The van der Waals surface area contributed by atoms with E-state index in [-0.39, 0.29) is 18.2 Å². The van der Waals surface area contributed by atoms with Gasteiger partial charge in [0.05, 0.1) is 25.0 Å². The minimum absolute atomic E-state index is 0.0505. The van der Waals surface area contributed by atoms with Gasteiger partial charge in [-0.2, -0.15) is 0 Å². The van der Waals surface area contributed by atoms with Gasteiger partial charge < -0.3 is 9.47 Å². The first-order chi connectivity index (χ1) is 13.1. The van der Waals surface area contributed by atoms with Gasteiger partial charge in [-0.1, -0.05) is 30.3 Å². The first-order valence-corrected chi connectivity index (χ1v) is 9.46. The van der Waals surface area contributed by atoms with Crippen LogP contribution in [-0.4, -0.2) is 25.5 Å². The Labute approximate surface area is 162 Å². The Morgan fingerprint density at radius 2 is 1.70 bits per heavy atom. The summed E-state index contributed by atoms with van der Waals surface area (Å²) in [7, 11) is 1.61. The van der Waals surface area contributed by atoms with Crippen LogP contribution in [0.3, 0.4) is 0 Å². The van der Waals surface area contributed by atoms with E-state index in [0.29, 0.717) is 17.0 Å². The standard InChI is InChI=1S/C22H20O4S/c1-3-26-20(23)14-17-13-19(21(24)15-7-5-4-6-8-15)27-22(17)16-9-11-18(25-2)12-10-16/h4-13H,3,14H2,1-2H3. The summed E-state index contributed by atoms with van der Waals surface area (Å²) in [5, 5.41) is 0. The molecule has 3 rings (SSSR count). The highest BCUT2D eigenvalue weighted by Crippen LogP contribution is 2.35. The molecule has 0 N–H and O–H groups in total. The average Bonchev–Trinajstić information content (AvgIpc) is 3.12. The van der Waals surface area contributed by atoms with E-state index in [1.165, 1.54) is 11.3 Å². The van der Waals surface area contributed by atoms with E-state index in [9.17, 15) is 9.59 Å². The second-order valence-corrected chi connectivity index (χ2v) is 6.92. The fourth-order valence-electron chi connectivity index (χ4n) is 2.76. The molecule has 0 atom stereocenters. The van der Waals surface area contributed by atoms with E-state index in [4.69, 9.17) is 9.47 Å². The summed E-state index contributed by atoms with van der Waals surface area (Å²) in [6.07, 6.45) is 0.133. The molecule has 0 spiro atoms. The Balaban J connectivity index is 1.99. The zero-order chi connectivity index (χ0) is 19.2. The van der Waals surface area contributed by atoms with Crippen molar-refractivity contribution in [3.8, 4) is 16.2 Å². The Morgan fingerprint density at radius 1 is 1.00 bits per heavy atom. The van der Waals surface area contributed by atoms with E-state index in [1.54, 1.807) is 32.2 Å². The Hall–Kier alpha value is -2.92. The quantitative estimate of drug-likeness (QED) is 0.438. The van der Waals surface area contributed by atoms with Crippen LogP contribution in [0, 0.1) is 0 Å². The highest BCUT2D eigenvalue weighted by Gasteiger charge is 2.19. The normalized spacial score (nSPS) is 10.4. The first-order valence-electron chi connectivity index (χ1n) is 8.65. The topological polar surface area (TPSA) is 52.6 Å². The molecule has 1 aromatic heterocycles. The van der Waals surface area contributed by atoms with Crippen LogP contribution >= 0.6 is 11.3 Å². The van der Waals surface area contributed by atoms with Gasteiger partial charge in [-0.15, -0.1) is 11.3 Å². The van der Waals surface area contributed by atoms with Crippen LogP contribution in [0.15, 0.2) is 60.7 Å². The number of ether oxygens (including phenoxy) is 2. The summed E-state index contributed by atoms with van der Waals surface area (Å²) >= 11 is 1.39. The third kappa shape index (κ3) is 4.44. The minimum Gasteiger partial charge on any atom is -0.497 e. The van der Waals surface area contributed by atoms with Crippen molar-refractivity contribution in [2.45, 2.75) is 13.3 Å². The van der Waals surface area contributed by atoms with E-state index < -0.39 is 0 Å². The van der Waals surface area contributed by atoms with Gasteiger partial charge in [-0.3, -0.25) is 9.59 Å². The summed E-state index contributed by atoms with van der Waals surface area (Å²) in [5.41, 5.74) is 2.36. The van der Waals surface area contributed by atoms with Gasteiger partial charge in [0.2, 0.25) is 5.78 Å². The van der Waals surface area contributed by atoms with Gasteiger partial charge in [0.1, 0.15) is 5.75 Å². The molecular weight excluding hydrogens is 360 g/mol. The molecule has 0 aliphatic heterocycles. The fraction of sp³-hybridized carbons (Fsp3) is 0.182. The van der Waals surface area contributed by atoms with Gasteiger partial charge in [-0.25, -0.2) is 0 Å². The molecule has 0 bridgehead atoms. The zero-order valence-electron chi connectivity index (χ0n) is 15.2. The number of thiophene rings is 1. The number of hydrogen-bond acceptors (Lipinski definition) is 5. The molecule has 0 radical (unpaired) electrons. The van der Waals surface area contributed by atoms with Crippen molar-refractivity contribution in [3.05, 3.63) is 76.7 Å². The van der Waals surface area contributed by atoms with Crippen molar-refractivity contribution in [1.29, 1.82) is 0 Å². The number of carbonyl (C=O) groups is 2. The monoisotopic (exact) mass is 380 g/mol. The summed E-state index contributed by atoms with van der Waals surface area (Å²) in [6, 6.07) is 18.5. The second kappa shape index (κ2) is 8.64. The highest BCUT2D eigenvalue weighted by molar-refractivity contribution is 7.17. The van der Waals surface area contributed by atoms with Crippen LogP contribution < -0.4 is 4.74 Å². The number of hydrogen-bond donors (Lipinski definition) is 0. The maximum atomic E-state index is 12.8. The number of esters is 1. The largest absolute Gasteiger partial charge is 0.497 e. The molecule has 0 aliphatic carbocycles. The van der Waals surface area contributed by atoms with E-state index >= 15 is 0 Å².